The third-order valence-electron chi connectivity index (χ3n) is 5.48. The van der Waals surface area contributed by atoms with Crippen LogP contribution in [0.25, 0.3) is 0 Å². The molecule has 1 heterocycles. The lowest BCUT2D eigenvalue weighted by molar-refractivity contribution is 0.257. The first-order chi connectivity index (χ1) is 8.50. The van der Waals surface area contributed by atoms with Crippen LogP contribution in [0.4, 0.5) is 0 Å². The Morgan fingerprint density at radius 3 is 2.61 bits per heavy atom. The second-order valence-corrected chi connectivity index (χ2v) is 12.9. The zero-order valence-corrected chi connectivity index (χ0v) is 13.7. The zero-order valence-electron chi connectivity index (χ0n) is 12.7. The summed E-state index contributed by atoms with van der Waals surface area (Å²) in [5.41, 5.74) is 4.12. The van der Waals surface area contributed by atoms with E-state index in [9.17, 15) is 0 Å². The molecule has 0 nitrogen and oxygen atoms in total. The van der Waals surface area contributed by atoms with Crippen LogP contribution in [0.15, 0.2) is 18.3 Å². The van der Waals surface area contributed by atoms with Gasteiger partial charge in [0.1, 0.15) is 0 Å². The van der Waals surface area contributed by atoms with Crippen LogP contribution in [0.5, 0.6) is 0 Å². The van der Waals surface area contributed by atoms with E-state index in [2.05, 4.69) is 44.9 Å². The van der Waals surface area contributed by atoms with Gasteiger partial charge in [-0.05, 0) is 11.8 Å². The summed E-state index contributed by atoms with van der Waals surface area (Å²) in [7, 11) is -1.08. The normalized spacial score (nSPS) is 35.4. The Morgan fingerprint density at radius 1 is 1.33 bits per heavy atom. The quantitative estimate of drug-likeness (QED) is 0.481. The van der Waals surface area contributed by atoms with Crippen molar-refractivity contribution in [2.24, 2.45) is 11.8 Å². The maximum Gasteiger partial charge on any atom is 0.180 e. The molecule has 2 rings (SSSR count). The molecular weight excluding hydrogens is 231 g/mol. The average molecular weight is 260 g/mol. The van der Waals surface area contributed by atoms with Crippen molar-refractivity contribution in [1.82, 2.24) is 0 Å². The molecule has 2 aliphatic rings. The van der Waals surface area contributed by atoms with Gasteiger partial charge in [0.25, 0.3) is 0 Å². The van der Waals surface area contributed by atoms with Crippen LogP contribution in [0.3, 0.4) is 0 Å². The Bertz CT molecular complexity index is 337. The molecule has 1 aliphatic heterocycles. The topological polar surface area (TPSA) is 0 Å². The van der Waals surface area contributed by atoms with Crippen molar-refractivity contribution in [3.05, 3.63) is 18.3 Å². The van der Waals surface area contributed by atoms with E-state index in [1.165, 1.54) is 32.1 Å². The summed E-state index contributed by atoms with van der Waals surface area (Å²) in [5.74, 6) is 5.33. The van der Waals surface area contributed by atoms with Gasteiger partial charge in [-0.3, -0.25) is 0 Å². The molecule has 1 saturated heterocycles. The summed E-state index contributed by atoms with van der Waals surface area (Å²) < 4.78 is 0. The van der Waals surface area contributed by atoms with E-state index in [-0.39, 0.29) is 0 Å². The van der Waals surface area contributed by atoms with Crippen LogP contribution in [0.2, 0.25) is 30.9 Å². The molecule has 0 spiro atoms. The molecule has 2 fully saturated rings. The minimum atomic E-state index is -1.08. The van der Waals surface area contributed by atoms with Crippen LogP contribution in [0.1, 0.15) is 39.0 Å². The molecule has 1 saturated carbocycles. The molecule has 0 aromatic heterocycles. The van der Waals surface area contributed by atoms with Gasteiger partial charge in [-0.25, -0.2) is 0 Å². The van der Waals surface area contributed by atoms with Crippen molar-refractivity contribution in [1.29, 1.82) is 0 Å². The van der Waals surface area contributed by atoms with E-state index < -0.39 is 8.07 Å². The first-order valence-electron chi connectivity index (χ1n) is 7.86. The van der Waals surface area contributed by atoms with Crippen molar-refractivity contribution in [3.8, 4) is 0 Å². The van der Waals surface area contributed by atoms with Gasteiger partial charge in [0.05, 0.1) is 0 Å². The predicted octanol–water partition coefficient (Wildman–Crippen LogP) is 5.21. The summed E-state index contributed by atoms with van der Waals surface area (Å²) in [4.78, 5) is 0. The highest BCUT2D eigenvalue weighted by Gasteiger charge is 2.55. The predicted molar refractivity (Wildman–Crippen MR) is 86.0 cm³/mol. The van der Waals surface area contributed by atoms with Crippen molar-refractivity contribution < 1.29 is 0 Å². The van der Waals surface area contributed by atoms with Crippen molar-refractivity contribution >= 4 is 14.8 Å². The van der Waals surface area contributed by atoms with Crippen molar-refractivity contribution in [2.75, 3.05) is 0 Å². The fourth-order valence-electron chi connectivity index (χ4n) is 5.15. The molecule has 4 atom stereocenters. The van der Waals surface area contributed by atoms with Gasteiger partial charge in [-0.1, -0.05) is 82.5 Å². The Balaban J connectivity index is 2.34. The summed E-state index contributed by atoms with van der Waals surface area (Å²) in [6.45, 7) is 14.7. The third-order valence-corrected chi connectivity index (χ3v) is 8.29. The highest BCUT2D eigenvalue weighted by Crippen LogP contribution is 2.60. The Hall–Kier alpha value is -0.198. The maximum atomic E-state index is 3.86. The molecule has 0 amide bonds. The van der Waals surface area contributed by atoms with Gasteiger partial charge >= 0.3 is 0 Å². The van der Waals surface area contributed by atoms with Crippen molar-refractivity contribution in [2.45, 2.75) is 69.9 Å². The fourth-order valence-corrected chi connectivity index (χ4v) is 8.35. The molecule has 2 bridgehead atoms. The molecule has 1 aliphatic carbocycles. The Labute approximate surface area is 115 Å². The number of hydrogen-bond donors (Lipinski definition) is 0. The molecular formula is C16H29BSi. The summed E-state index contributed by atoms with van der Waals surface area (Å²) >= 11 is 0. The lowest BCUT2D eigenvalue weighted by Crippen LogP contribution is -2.38. The second-order valence-electron chi connectivity index (χ2n) is 7.55. The van der Waals surface area contributed by atoms with Gasteiger partial charge in [0.2, 0.25) is 0 Å². The minimum Gasteiger partial charge on any atom is -0.143 e. The van der Waals surface area contributed by atoms with Crippen molar-refractivity contribution in [3.63, 3.8) is 0 Å². The van der Waals surface area contributed by atoms with Crippen LogP contribution in [-0.2, 0) is 0 Å². The molecule has 0 aromatic carbocycles. The molecule has 18 heavy (non-hydrogen) atoms. The lowest BCUT2D eigenvalue weighted by atomic mass is 9.40. The summed E-state index contributed by atoms with van der Waals surface area (Å²) in [6.07, 6.45) is 7.25. The maximum absolute atomic E-state index is 3.86. The molecule has 0 radical (unpaired) electrons. The largest absolute Gasteiger partial charge is 0.180 e. The van der Waals surface area contributed by atoms with E-state index >= 15 is 0 Å². The lowest BCUT2D eigenvalue weighted by Gasteiger charge is -2.36. The molecule has 0 N–H and O–H groups in total. The van der Waals surface area contributed by atoms with Gasteiger partial charge in [-0.2, -0.15) is 0 Å². The average Bonchev–Trinajstić information content (AvgIpc) is 2.45. The first-order valence-corrected chi connectivity index (χ1v) is 11.4. The van der Waals surface area contributed by atoms with Gasteiger partial charge in [0.15, 0.2) is 6.71 Å². The molecule has 2 heteroatoms. The van der Waals surface area contributed by atoms with E-state index in [0.717, 1.165) is 29.8 Å². The van der Waals surface area contributed by atoms with Crippen LogP contribution >= 0.6 is 0 Å². The fraction of sp³-hybridized carbons (Fsp3) is 0.812. The van der Waals surface area contributed by atoms with E-state index in [1.54, 1.807) is 0 Å². The van der Waals surface area contributed by atoms with E-state index in [4.69, 9.17) is 0 Å². The zero-order chi connectivity index (χ0) is 13.3. The monoisotopic (exact) mass is 260 g/mol. The minimum absolute atomic E-state index is 0.804. The van der Waals surface area contributed by atoms with Crippen LogP contribution in [-0.4, -0.2) is 14.8 Å². The van der Waals surface area contributed by atoms with E-state index in [0.29, 0.717) is 0 Å². The smallest absolute Gasteiger partial charge is 0.143 e. The van der Waals surface area contributed by atoms with Gasteiger partial charge in [-0.15, -0.1) is 5.73 Å². The van der Waals surface area contributed by atoms with Gasteiger partial charge < -0.3 is 0 Å². The Kier molecular flexibility index (Phi) is 4.29. The first kappa shape index (κ1) is 14.2. The standard InChI is InChI=1S/C16H29BSi/c1-6-9-13-14-10-8-11-15(13)17(12-7-2)16(14)18(3,4)5/h12-16H,2,6,8-11H2,1,3-5H3/t13?,14?,15-,16?/m0/s1. The summed E-state index contributed by atoms with van der Waals surface area (Å²) in [5, 5.41) is 0. The highest BCUT2D eigenvalue weighted by molar-refractivity contribution is 6.92. The van der Waals surface area contributed by atoms with Gasteiger partial charge in [0, 0.05) is 8.07 Å². The molecule has 0 aromatic rings. The van der Waals surface area contributed by atoms with E-state index in [1.807, 2.05) is 0 Å². The van der Waals surface area contributed by atoms with Crippen LogP contribution < -0.4 is 0 Å². The second kappa shape index (κ2) is 5.43. The SMILES string of the molecule is C=C=CB1C([Si](C)(C)C)C2CCC[C@H]1C2CCC. The highest BCUT2D eigenvalue weighted by atomic mass is 28.3. The number of rotatable bonds is 4. The molecule has 100 valence electrons. The Morgan fingerprint density at radius 2 is 2.06 bits per heavy atom. The molecule has 3 unspecified atom stereocenters. The third kappa shape index (κ3) is 2.42. The summed E-state index contributed by atoms with van der Waals surface area (Å²) in [6, 6.07) is 0. The van der Waals surface area contributed by atoms with Crippen LogP contribution in [0, 0.1) is 11.8 Å². The number of fused-ring (bicyclic) bond motifs is 2. The number of hydrogen-bond acceptors (Lipinski definition) is 0.